The van der Waals surface area contributed by atoms with Gasteiger partial charge in [-0.15, -0.1) is 24.0 Å². The van der Waals surface area contributed by atoms with Crippen molar-refractivity contribution in [2.24, 2.45) is 10.7 Å². The van der Waals surface area contributed by atoms with E-state index >= 15 is 0 Å². The summed E-state index contributed by atoms with van der Waals surface area (Å²) in [6, 6.07) is 5.50. The van der Waals surface area contributed by atoms with E-state index in [4.69, 9.17) is 28.9 Å². The highest BCUT2D eigenvalue weighted by Gasteiger charge is 2.25. The number of hydrogen-bond acceptors (Lipinski definition) is 1. The van der Waals surface area contributed by atoms with Crippen molar-refractivity contribution in [1.82, 2.24) is 5.32 Å². The summed E-state index contributed by atoms with van der Waals surface area (Å²) >= 11 is 12.4. The number of nitrogens with zero attached hydrogens (tertiary/aromatic N) is 1. The minimum atomic E-state index is -0.231. The monoisotopic (exact) mass is 401 g/mol. The zero-order chi connectivity index (χ0) is 13.1. The van der Waals surface area contributed by atoms with Gasteiger partial charge in [-0.05, 0) is 17.7 Å². The molecular formula is C12H18Cl2IN3. The van der Waals surface area contributed by atoms with Gasteiger partial charge >= 0.3 is 0 Å². The summed E-state index contributed by atoms with van der Waals surface area (Å²) in [6.45, 7) is 4.71. The van der Waals surface area contributed by atoms with Crippen LogP contribution in [0.25, 0.3) is 0 Å². The quantitative estimate of drug-likeness (QED) is 0.463. The number of nitrogens with two attached hydrogens (primary N) is 1. The molecular weight excluding hydrogens is 384 g/mol. The molecule has 0 aliphatic rings. The summed E-state index contributed by atoms with van der Waals surface area (Å²) in [6.07, 6.45) is 0. The molecule has 0 heterocycles. The Hall–Kier alpha value is -0.200. The highest BCUT2D eigenvalue weighted by Crippen LogP contribution is 2.35. The van der Waals surface area contributed by atoms with E-state index in [9.17, 15) is 0 Å². The SMILES string of the molecule is CN=C(N)NCC(C)(C)c1c(Cl)cccc1Cl.I. The van der Waals surface area contributed by atoms with E-state index in [1.165, 1.54) is 0 Å². The number of hydrogen-bond donors (Lipinski definition) is 2. The van der Waals surface area contributed by atoms with Crippen LogP contribution in [0.1, 0.15) is 19.4 Å². The zero-order valence-electron chi connectivity index (χ0n) is 10.6. The van der Waals surface area contributed by atoms with Gasteiger partial charge in [-0.25, -0.2) is 0 Å². The molecule has 102 valence electrons. The second kappa shape index (κ2) is 7.40. The molecule has 0 atom stereocenters. The van der Waals surface area contributed by atoms with E-state index in [0.29, 0.717) is 22.5 Å². The predicted octanol–water partition coefficient (Wildman–Crippen LogP) is 3.42. The fraction of sp³-hybridized carbons (Fsp3) is 0.417. The van der Waals surface area contributed by atoms with E-state index in [1.807, 2.05) is 18.2 Å². The van der Waals surface area contributed by atoms with Crippen molar-refractivity contribution >= 4 is 53.1 Å². The van der Waals surface area contributed by atoms with Crippen molar-refractivity contribution < 1.29 is 0 Å². The molecule has 3 nitrogen and oxygen atoms in total. The van der Waals surface area contributed by atoms with E-state index in [-0.39, 0.29) is 29.4 Å². The maximum absolute atomic E-state index is 6.19. The molecule has 0 fully saturated rings. The lowest BCUT2D eigenvalue weighted by molar-refractivity contribution is 0.512. The summed E-state index contributed by atoms with van der Waals surface area (Å²) < 4.78 is 0. The molecule has 0 spiro atoms. The van der Waals surface area contributed by atoms with E-state index in [1.54, 1.807) is 7.05 Å². The third-order valence-electron chi connectivity index (χ3n) is 2.59. The highest BCUT2D eigenvalue weighted by atomic mass is 127. The maximum atomic E-state index is 6.19. The Bertz CT molecular complexity index is 413. The van der Waals surface area contributed by atoms with Gasteiger partial charge in [-0.1, -0.05) is 43.1 Å². The van der Waals surface area contributed by atoms with Crippen molar-refractivity contribution in [3.63, 3.8) is 0 Å². The summed E-state index contributed by atoms with van der Waals surface area (Å²) in [5, 5.41) is 4.36. The number of guanidine groups is 1. The van der Waals surface area contributed by atoms with Gasteiger partial charge in [0.25, 0.3) is 0 Å². The van der Waals surface area contributed by atoms with Crippen molar-refractivity contribution in [2.75, 3.05) is 13.6 Å². The molecule has 18 heavy (non-hydrogen) atoms. The predicted molar refractivity (Wildman–Crippen MR) is 90.5 cm³/mol. The van der Waals surface area contributed by atoms with Gasteiger partial charge in [-0.3, -0.25) is 4.99 Å². The molecule has 0 aromatic heterocycles. The largest absolute Gasteiger partial charge is 0.370 e. The van der Waals surface area contributed by atoms with E-state index in [2.05, 4.69) is 24.2 Å². The Kier molecular flexibility index (Phi) is 7.32. The van der Waals surface area contributed by atoms with E-state index < -0.39 is 0 Å². The maximum Gasteiger partial charge on any atom is 0.188 e. The van der Waals surface area contributed by atoms with Crippen LogP contribution < -0.4 is 11.1 Å². The van der Waals surface area contributed by atoms with Gasteiger partial charge < -0.3 is 11.1 Å². The van der Waals surface area contributed by atoms with Crippen molar-refractivity contribution in [2.45, 2.75) is 19.3 Å². The zero-order valence-corrected chi connectivity index (χ0v) is 14.5. The van der Waals surface area contributed by atoms with Crippen molar-refractivity contribution in [1.29, 1.82) is 0 Å². The molecule has 3 N–H and O–H groups in total. The average molecular weight is 402 g/mol. The van der Waals surface area contributed by atoms with Gasteiger partial charge in [0.1, 0.15) is 0 Å². The van der Waals surface area contributed by atoms with Crippen LogP contribution in [0.15, 0.2) is 23.2 Å². The van der Waals surface area contributed by atoms with Crippen LogP contribution in [-0.2, 0) is 5.41 Å². The minimum absolute atomic E-state index is 0. The van der Waals surface area contributed by atoms with Gasteiger partial charge in [-0.2, -0.15) is 0 Å². The van der Waals surface area contributed by atoms with Gasteiger partial charge in [0.2, 0.25) is 0 Å². The van der Waals surface area contributed by atoms with Gasteiger partial charge in [0.05, 0.1) is 0 Å². The number of halogens is 3. The highest BCUT2D eigenvalue weighted by molar-refractivity contribution is 14.0. The van der Waals surface area contributed by atoms with Crippen LogP contribution in [-0.4, -0.2) is 19.6 Å². The van der Waals surface area contributed by atoms with E-state index in [0.717, 1.165) is 5.56 Å². The van der Waals surface area contributed by atoms with Crippen LogP contribution >= 0.6 is 47.2 Å². The number of nitrogens with one attached hydrogen (secondary N) is 1. The standard InChI is InChI=1S/C12H17Cl2N3.HI/c1-12(2,7-17-11(15)16-3)10-8(13)5-4-6-9(10)14;/h4-6H,7H2,1-3H3,(H3,15,16,17);1H. The first-order valence-corrected chi connectivity index (χ1v) is 6.04. The average Bonchev–Trinajstić information content (AvgIpc) is 2.25. The van der Waals surface area contributed by atoms with Crippen molar-refractivity contribution in [3.8, 4) is 0 Å². The normalized spacial score (nSPS) is 11.9. The lowest BCUT2D eigenvalue weighted by atomic mass is 9.84. The molecule has 0 unspecified atom stereocenters. The number of benzene rings is 1. The molecule has 0 amide bonds. The Labute approximate surface area is 135 Å². The van der Waals surface area contributed by atoms with Gasteiger partial charge in [0.15, 0.2) is 5.96 Å². The fourth-order valence-electron chi connectivity index (χ4n) is 1.62. The second-order valence-corrected chi connectivity index (χ2v) is 5.26. The number of aliphatic imine (C=N–C) groups is 1. The molecule has 1 aromatic rings. The third-order valence-corrected chi connectivity index (χ3v) is 3.22. The molecule has 0 saturated carbocycles. The van der Waals surface area contributed by atoms with Crippen LogP contribution in [0.3, 0.4) is 0 Å². The first-order chi connectivity index (χ1) is 7.88. The summed E-state index contributed by atoms with van der Waals surface area (Å²) in [5.41, 5.74) is 6.29. The molecule has 0 radical (unpaired) electrons. The molecule has 0 saturated heterocycles. The Morgan fingerprint density at radius 3 is 2.28 bits per heavy atom. The first-order valence-electron chi connectivity index (χ1n) is 5.29. The summed E-state index contributed by atoms with van der Waals surface area (Å²) in [7, 11) is 1.64. The Balaban J connectivity index is 0.00000289. The van der Waals surface area contributed by atoms with Crippen LogP contribution in [0, 0.1) is 0 Å². The molecule has 1 aromatic carbocycles. The Morgan fingerprint density at radius 2 is 1.83 bits per heavy atom. The summed E-state index contributed by atoms with van der Waals surface area (Å²) in [4.78, 5) is 3.85. The van der Waals surface area contributed by atoms with Gasteiger partial charge in [0, 0.05) is 29.1 Å². The second-order valence-electron chi connectivity index (χ2n) is 4.44. The molecule has 0 aliphatic carbocycles. The van der Waals surface area contributed by atoms with Crippen molar-refractivity contribution in [3.05, 3.63) is 33.8 Å². The molecule has 0 bridgehead atoms. The lowest BCUT2D eigenvalue weighted by Gasteiger charge is -2.28. The minimum Gasteiger partial charge on any atom is -0.370 e. The topological polar surface area (TPSA) is 50.4 Å². The Morgan fingerprint density at radius 1 is 1.33 bits per heavy atom. The van der Waals surface area contributed by atoms with Crippen LogP contribution in [0.2, 0.25) is 10.0 Å². The summed E-state index contributed by atoms with van der Waals surface area (Å²) in [5.74, 6) is 0.404. The molecule has 6 heteroatoms. The van der Waals surface area contributed by atoms with Crippen LogP contribution in [0.5, 0.6) is 0 Å². The molecule has 1 rings (SSSR count). The fourth-order valence-corrected chi connectivity index (χ4v) is 2.53. The third kappa shape index (κ3) is 4.48. The smallest absolute Gasteiger partial charge is 0.188 e. The lowest BCUT2D eigenvalue weighted by Crippen LogP contribution is -2.40. The number of rotatable bonds is 3. The first kappa shape index (κ1) is 17.8. The van der Waals surface area contributed by atoms with Crippen LogP contribution in [0.4, 0.5) is 0 Å². The molecule has 0 aliphatic heterocycles.